The molecular formula is C14H19N3O. The van der Waals surface area contributed by atoms with Crippen LogP contribution in [0.1, 0.15) is 12.5 Å². The van der Waals surface area contributed by atoms with Crippen LogP contribution in [0, 0.1) is 5.92 Å². The van der Waals surface area contributed by atoms with Gasteiger partial charge in [0.15, 0.2) is 0 Å². The number of nitrogens with zero attached hydrogens (tertiary/aromatic N) is 1. The number of benzene rings is 1. The minimum absolute atomic E-state index is 0.155. The van der Waals surface area contributed by atoms with E-state index in [-0.39, 0.29) is 11.8 Å². The Kier molecular flexibility index (Phi) is 3.67. The number of carbonyl (C=O) groups excluding carboxylic acids is 1. The molecule has 1 amide bonds. The summed E-state index contributed by atoms with van der Waals surface area (Å²) in [4.78, 5) is 11.1. The average Bonchev–Trinajstić information content (AvgIpc) is 2.72. The molecule has 4 nitrogen and oxygen atoms in total. The highest BCUT2D eigenvalue weighted by Gasteiger charge is 2.11. The molecular weight excluding hydrogens is 226 g/mol. The van der Waals surface area contributed by atoms with E-state index in [1.165, 1.54) is 10.9 Å². The molecule has 1 aromatic heterocycles. The van der Waals surface area contributed by atoms with Gasteiger partial charge in [-0.2, -0.15) is 0 Å². The second kappa shape index (κ2) is 5.23. The number of hydrogen-bond acceptors (Lipinski definition) is 2. The maximum Gasteiger partial charge on any atom is 0.222 e. The van der Waals surface area contributed by atoms with Crippen molar-refractivity contribution in [2.45, 2.75) is 20.0 Å². The monoisotopic (exact) mass is 245 g/mol. The molecule has 0 aliphatic rings. The van der Waals surface area contributed by atoms with Crippen LogP contribution in [0.2, 0.25) is 0 Å². The molecule has 3 N–H and O–H groups in total. The summed E-state index contributed by atoms with van der Waals surface area (Å²) < 4.78 is 2.08. The Bertz CT molecular complexity index is 559. The van der Waals surface area contributed by atoms with Crippen molar-refractivity contribution in [2.24, 2.45) is 11.7 Å². The minimum Gasteiger partial charge on any atom is -0.369 e. The van der Waals surface area contributed by atoms with Crippen LogP contribution < -0.4 is 11.1 Å². The summed E-state index contributed by atoms with van der Waals surface area (Å²) in [6.07, 6.45) is 2.01. The zero-order valence-corrected chi connectivity index (χ0v) is 10.8. The van der Waals surface area contributed by atoms with Crippen LogP contribution in [0.25, 0.3) is 10.9 Å². The predicted molar refractivity (Wildman–Crippen MR) is 73.1 cm³/mol. The molecule has 0 bridgehead atoms. The van der Waals surface area contributed by atoms with Crippen molar-refractivity contribution in [3.63, 3.8) is 0 Å². The summed E-state index contributed by atoms with van der Waals surface area (Å²) in [5.74, 6) is -0.416. The third-order valence-corrected chi connectivity index (χ3v) is 3.17. The lowest BCUT2D eigenvalue weighted by Crippen LogP contribution is -2.24. The zero-order valence-electron chi connectivity index (χ0n) is 10.8. The van der Waals surface area contributed by atoms with Crippen LogP contribution >= 0.6 is 0 Å². The number of nitrogens with one attached hydrogen (secondary N) is 1. The van der Waals surface area contributed by atoms with E-state index in [0.717, 1.165) is 12.1 Å². The summed E-state index contributed by atoms with van der Waals surface area (Å²) in [7, 11) is 1.93. The van der Waals surface area contributed by atoms with E-state index in [1.54, 1.807) is 0 Å². The summed E-state index contributed by atoms with van der Waals surface area (Å²) in [5.41, 5.74) is 7.70. The van der Waals surface area contributed by atoms with Crippen LogP contribution in [-0.2, 0) is 17.9 Å². The zero-order chi connectivity index (χ0) is 13.1. The Morgan fingerprint density at radius 1 is 1.44 bits per heavy atom. The fourth-order valence-electron chi connectivity index (χ4n) is 2.11. The Balaban J connectivity index is 2.28. The van der Waals surface area contributed by atoms with E-state index in [4.69, 9.17) is 5.73 Å². The van der Waals surface area contributed by atoms with E-state index >= 15 is 0 Å². The molecule has 2 rings (SSSR count). The van der Waals surface area contributed by atoms with Gasteiger partial charge < -0.3 is 15.6 Å². The molecule has 0 spiro atoms. The van der Waals surface area contributed by atoms with Gasteiger partial charge in [-0.3, -0.25) is 4.79 Å². The van der Waals surface area contributed by atoms with Crippen LogP contribution in [0.3, 0.4) is 0 Å². The van der Waals surface area contributed by atoms with Crippen molar-refractivity contribution in [1.29, 1.82) is 0 Å². The first-order valence-electron chi connectivity index (χ1n) is 6.13. The molecule has 1 unspecified atom stereocenters. The maximum absolute atomic E-state index is 11.1. The number of amides is 1. The highest BCUT2D eigenvalue weighted by molar-refractivity contribution is 5.81. The molecule has 1 aromatic carbocycles. The van der Waals surface area contributed by atoms with Crippen LogP contribution in [0.5, 0.6) is 0 Å². The lowest BCUT2D eigenvalue weighted by molar-refractivity contribution is -0.121. The van der Waals surface area contributed by atoms with Gasteiger partial charge in [-0.05, 0) is 36.2 Å². The lowest BCUT2D eigenvalue weighted by Gasteiger charge is -2.10. The smallest absolute Gasteiger partial charge is 0.222 e. The van der Waals surface area contributed by atoms with Gasteiger partial charge in [0.25, 0.3) is 0 Å². The van der Waals surface area contributed by atoms with Crippen molar-refractivity contribution >= 4 is 16.8 Å². The van der Waals surface area contributed by atoms with Gasteiger partial charge in [-0.15, -0.1) is 0 Å². The first-order chi connectivity index (χ1) is 8.61. The van der Waals surface area contributed by atoms with E-state index in [1.807, 2.05) is 20.2 Å². The maximum atomic E-state index is 11.1. The molecule has 18 heavy (non-hydrogen) atoms. The Labute approximate surface area is 107 Å². The summed E-state index contributed by atoms with van der Waals surface area (Å²) in [6, 6.07) is 8.43. The Hall–Kier alpha value is -1.81. The minimum atomic E-state index is -0.261. The molecule has 0 fully saturated rings. The number of hydrogen-bond donors (Lipinski definition) is 2. The largest absolute Gasteiger partial charge is 0.369 e. The van der Waals surface area contributed by atoms with E-state index in [2.05, 4.69) is 34.1 Å². The van der Waals surface area contributed by atoms with E-state index < -0.39 is 0 Å². The topological polar surface area (TPSA) is 60.1 Å². The summed E-state index contributed by atoms with van der Waals surface area (Å²) in [5, 5.41) is 4.33. The highest BCUT2D eigenvalue weighted by atomic mass is 16.1. The highest BCUT2D eigenvalue weighted by Crippen LogP contribution is 2.19. The van der Waals surface area contributed by atoms with Gasteiger partial charge in [0.05, 0.1) is 5.92 Å². The lowest BCUT2D eigenvalue weighted by atomic mass is 10.1. The number of fused-ring (bicyclic) bond motifs is 1. The van der Waals surface area contributed by atoms with Crippen molar-refractivity contribution in [2.75, 3.05) is 7.05 Å². The first-order valence-corrected chi connectivity index (χ1v) is 6.13. The molecule has 1 heterocycles. The van der Waals surface area contributed by atoms with Crippen molar-refractivity contribution in [1.82, 2.24) is 9.88 Å². The standard InChI is InChI=1S/C14H19N3O/c1-10(14(15)18)9-17-6-5-12-7-11(8-16-2)3-4-13(12)17/h3-7,10,16H,8-9H2,1-2H3,(H2,15,18). The van der Waals surface area contributed by atoms with Gasteiger partial charge in [-0.25, -0.2) is 0 Å². The Morgan fingerprint density at radius 3 is 2.89 bits per heavy atom. The molecule has 0 aliphatic heterocycles. The fourth-order valence-corrected chi connectivity index (χ4v) is 2.11. The number of aromatic nitrogens is 1. The van der Waals surface area contributed by atoms with Gasteiger partial charge in [-0.1, -0.05) is 13.0 Å². The van der Waals surface area contributed by atoms with Crippen LogP contribution in [-0.4, -0.2) is 17.5 Å². The van der Waals surface area contributed by atoms with Crippen molar-refractivity contribution in [3.8, 4) is 0 Å². The van der Waals surface area contributed by atoms with Gasteiger partial charge in [0.1, 0.15) is 0 Å². The molecule has 0 aliphatic carbocycles. The third kappa shape index (κ3) is 2.54. The predicted octanol–water partition coefficient (Wildman–Crippen LogP) is 1.48. The molecule has 2 aromatic rings. The quantitative estimate of drug-likeness (QED) is 0.838. The van der Waals surface area contributed by atoms with Gasteiger partial charge >= 0.3 is 0 Å². The van der Waals surface area contributed by atoms with Crippen LogP contribution in [0.4, 0.5) is 0 Å². The van der Waals surface area contributed by atoms with E-state index in [9.17, 15) is 4.79 Å². The van der Waals surface area contributed by atoms with E-state index in [0.29, 0.717) is 6.54 Å². The number of nitrogens with two attached hydrogens (primary N) is 1. The molecule has 0 saturated carbocycles. The van der Waals surface area contributed by atoms with Crippen LogP contribution in [0.15, 0.2) is 30.5 Å². The van der Waals surface area contributed by atoms with Gasteiger partial charge in [0, 0.05) is 24.8 Å². The summed E-state index contributed by atoms with van der Waals surface area (Å²) >= 11 is 0. The second-order valence-electron chi connectivity index (χ2n) is 4.70. The first kappa shape index (κ1) is 12.6. The fraction of sp³-hybridized carbons (Fsp3) is 0.357. The molecule has 96 valence electrons. The second-order valence-corrected chi connectivity index (χ2v) is 4.70. The number of carbonyl (C=O) groups is 1. The molecule has 0 radical (unpaired) electrons. The SMILES string of the molecule is CNCc1ccc2c(ccn2CC(C)C(N)=O)c1. The van der Waals surface area contributed by atoms with Gasteiger partial charge in [0.2, 0.25) is 5.91 Å². The van der Waals surface area contributed by atoms with Crippen molar-refractivity contribution < 1.29 is 4.79 Å². The molecule has 4 heteroatoms. The third-order valence-electron chi connectivity index (χ3n) is 3.17. The van der Waals surface area contributed by atoms with Crippen molar-refractivity contribution in [3.05, 3.63) is 36.0 Å². The molecule has 1 atom stereocenters. The number of primary amides is 1. The summed E-state index contributed by atoms with van der Waals surface area (Å²) in [6.45, 7) is 3.34. The Morgan fingerprint density at radius 2 is 2.22 bits per heavy atom. The number of rotatable bonds is 5. The molecule has 0 saturated heterocycles. The normalized spacial score (nSPS) is 12.8. The average molecular weight is 245 g/mol.